The van der Waals surface area contributed by atoms with Crippen molar-refractivity contribution in [1.29, 1.82) is 0 Å². The summed E-state index contributed by atoms with van der Waals surface area (Å²) < 4.78 is 0. The molecule has 0 radical (unpaired) electrons. The van der Waals surface area contributed by atoms with E-state index in [1.807, 2.05) is 13.8 Å². The van der Waals surface area contributed by atoms with Crippen molar-refractivity contribution in [2.24, 2.45) is 0 Å². The number of rotatable bonds is 6. The van der Waals surface area contributed by atoms with Gasteiger partial charge in [-0.15, -0.1) is 6.58 Å². The van der Waals surface area contributed by atoms with E-state index >= 15 is 0 Å². The van der Waals surface area contributed by atoms with Crippen molar-refractivity contribution in [3.8, 4) is 0 Å². The van der Waals surface area contributed by atoms with Gasteiger partial charge in [-0.1, -0.05) is 35.9 Å². The van der Waals surface area contributed by atoms with Crippen molar-refractivity contribution in [3.05, 3.63) is 58.8 Å². The largest absolute Gasteiger partial charge is 0.352 e. The molecule has 1 aromatic rings. The van der Waals surface area contributed by atoms with Crippen LogP contribution in [0.15, 0.2) is 48.2 Å². The van der Waals surface area contributed by atoms with Crippen molar-refractivity contribution in [3.63, 3.8) is 0 Å². The van der Waals surface area contributed by atoms with Crippen molar-refractivity contribution in [1.82, 2.24) is 20.4 Å². The zero-order valence-electron chi connectivity index (χ0n) is 15.9. The quantitative estimate of drug-likeness (QED) is 0.716. The molecule has 28 heavy (non-hydrogen) atoms. The molecule has 0 bridgehead atoms. The molecule has 7 nitrogen and oxygen atoms in total. The first kappa shape index (κ1) is 19.9. The van der Waals surface area contributed by atoms with Crippen molar-refractivity contribution < 1.29 is 14.4 Å². The molecule has 4 amide bonds. The van der Waals surface area contributed by atoms with E-state index in [1.165, 1.54) is 9.80 Å². The number of hydrogen-bond donors (Lipinski definition) is 2. The molecule has 0 aliphatic carbocycles. The van der Waals surface area contributed by atoms with Crippen LogP contribution in [0.5, 0.6) is 0 Å². The predicted octanol–water partition coefficient (Wildman–Crippen LogP) is 2.21. The van der Waals surface area contributed by atoms with Crippen LogP contribution in [0, 0.1) is 0 Å². The Kier molecular flexibility index (Phi) is 5.74. The monoisotopic (exact) mass is 402 g/mol. The summed E-state index contributed by atoms with van der Waals surface area (Å²) in [4.78, 5) is 40.9. The minimum Gasteiger partial charge on any atom is -0.352 e. The Bertz CT molecular complexity index is 865. The molecule has 148 valence electrons. The number of carbonyl (C=O) groups excluding carboxylic acids is 3. The van der Waals surface area contributed by atoms with Crippen molar-refractivity contribution in [2.45, 2.75) is 25.9 Å². The lowest BCUT2D eigenvalue weighted by Gasteiger charge is -2.33. The number of nitrogens with one attached hydrogen (secondary N) is 2. The van der Waals surface area contributed by atoms with Crippen LogP contribution in [-0.2, 0) is 9.59 Å². The van der Waals surface area contributed by atoms with Gasteiger partial charge in [-0.05, 0) is 25.5 Å². The highest BCUT2D eigenvalue weighted by molar-refractivity contribution is 6.31. The van der Waals surface area contributed by atoms with Gasteiger partial charge in [0.25, 0.3) is 5.91 Å². The smallest absolute Gasteiger partial charge is 0.322 e. The van der Waals surface area contributed by atoms with Gasteiger partial charge in [0.2, 0.25) is 5.91 Å². The molecular weight excluding hydrogens is 380 g/mol. The zero-order valence-corrected chi connectivity index (χ0v) is 16.6. The number of urea groups is 1. The first-order valence-corrected chi connectivity index (χ1v) is 9.46. The molecule has 1 unspecified atom stereocenters. The third-order valence-corrected chi connectivity index (χ3v) is 4.95. The second kappa shape index (κ2) is 8.06. The minimum absolute atomic E-state index is 0.0239. The Hall–Kier alpha value is -2.80. The Morgan fingerprint density at radius 2 is 2.11 bits per heavy atom. The first-order chi connectivity index (χ1) is 13.3. The van der Waals surface area contributed by atoms with E-state index in [-0.39, 0.29) is 43.5 Å². The standard InChI is InChI=1S/C20H23ClN4O3/c1-4-9-25-15-10-24(11-16(26)22-12(2)3)19(27)17(15)18(23-20(25)28)13-7-5-6-8-14(13)21/h4-8,12,18H,1,9-11H2,2-3H3,(H,22,26)(H,23,28). The zero-order chi connectivity index (χ0) is 20.4. The van der Waals surface area contributed by atoms with E-state index < -0.39 is 6.04 Å². The first-order valence-electron chi connectivity index (χ1n) is 9.08. The summed E-state index contributed by atoms with van der Waals surface area (Å²) in [5, 5.41) is 6.11. The maximum atomic E-state index is 13.2. The summed E-state index contributed by atoms with van der Waals surface area (Å²) in [5.74, 6) is -0.528. The Labute approximate surface area is 169 Å². The maximum Gasteiger partial charge on any atom is 0.322 e. The van der Waals surface area contributed by atoms with Gasteiger partial charge in [-0.25, -0.2) is 4.79 Å². The van der Waals surface area contributed by atoms with E-state index in [2.05, 4.69) is 17.2 Å². The molecule has 0 saturated heterocycles. The van der Waals surface area contributed by atoms with Crippen LogP contribution in [-0.4, -0.2) is 53.3 Å². The molecule has 0 spiro atoms. The van der Waals surface area contributed by atoms with Crippen LogP contribution in [0.25, 0.3) is 0 Å². The molecule has 1 atom stereocenters. The van der Waals surface area contributed by atoms with Gasteiger partial charge in [-0.3, -0.25) is 14.5 Å². The van der Waals surface area contributed by atoms with Crippen LogP contribution in [0.4, 0.5) is 4.79 Å². The van der Waals surface area contributed by atoms with Gasteiger partial charge in [0.05, 0.1) is 23.9 Å². The summed E-state index contributed by atoms with van der Waals surface area (Å²) >= 11 is 6.33. The van der Waals surface area contributed by atoms with Gasteiger partial charge < -0.3 is 15.5 Å². The van der Waals surface area contributed by atoms with E-state index in [0.29, 0.717) is 21.9 Å². The molecule has 2 heterocycles. The Morgan fingerprint density at radius 3 is 2.75 bits per heavy atom. The third-order valence-electron chi connectivity index (χ3n) is 4.61. The van der Waals surface area contributed by atoms with Crippen molar-refractivity contribution in [2.75, 3.05) is 19.6 Å². The minimum atomic E-state index is -0.664. The Balaban J connectivity index is 1.97. The van der Waals surface area contributed by atoms with E-state index in [4.69, 9.17) is 11.6 Å². The maximum absolute atomic E-state index is 13.2. The molecule has 2 aliphatic heterocycles. The molecule has 8 heteroatoms. The molecule has 1 aromatic carbocycles. The highest BCUT2D eigenvalue weighted by atomic mass is 35.5. The molecule has 0 fully saturated rings. The summed E-state index contributed by atoms with van der Waals surface area (Å²) in [5.41, 5.74) is 1.66. The lowest BCUT2D eigenvalue weighted by molar-refractivity contribution is -0.132. The van der Waals surface area contributed by atoms with Crippen LogP contribution in [0.1, 0.15) is 25.5 Å². The lowest BCUT2D eigenvalue weighted by Crippen LogP contribution is -2.47. The fraction of sp³-hybridized carbons (Fsp3) is 0.350. The number of benzene rings is 1. The Morgan fingerprint density at radius 1 is 1.39 bits per heavy atom. The van der Waals surface area contributed by atoms with E-state index in [1.54, 1.807) is 30.3 Å². The average molecular weight is 403 g/mol. The number of amides is 4. The van der Waals surface area contributed by atoms with Gasteiger partial charge in [0.1, 0.15) is 6.54 Å². The van der Waals surface area contributed by atoms with E-state index in [0.717, 1.165) is 0 Å². The fourth-order valence-electron chi connectivity index (χ4n) is 3.48. The van der Waals surface area contributed by atoms with Gasteiger partial charge >= 0.3 is 6.03 Å². The van der Waals surface area contributed by atoms with Crippen LogP contribution in [0.3, 0.4) is 0 Å². The molecule has 0 aromatic heterocycles. The predicted molar refractivity (Wildman–Crippen MR) is 107 cm³/mol. The van der Waals surface area contributed by atoms with Gasteiger partial charge in [-0.2, -0.15) is 0 Å². The summed E-state index contributed by atoms with van der Waals surface area (Å²) in [7, 11) is 0. The number of carbonyl (C=O) groups is 3. The number of halogens is 1. The topological polar surface area (TPSA) is 81.8 Å². The SMILES string of the molecule is C=CCN1C(=O)NC(c2ccccc2Cl)C2=C1CN(CC(=O)NC(C)C)C2=O. The lowest BCUT2D eigenvalue weighted by atomic mass is 9.95. The number of nitrogens with zero attached hydrogens (tertiary/aromatic N) is 2. The third kappa shape index (κ3) is 3.75. The summed E-state index contributed by atoms with van der Waals surface area (Å²) in [6.07, 6.45) is 1.60. The summed E-state index contributed by atoms with van der Waals surface area (Å²) in [6.45, 7) is 7.77. The molecule has 0 saturated carbocycles. The highest BCUT2D eigenvalue weighted by Crippen LogP contribution is 2.38. The van der Waals surface area contributed by atoms with Crippen LogP contribution < -0.4 is 10.6 Å². The molecule has 2 N–H and O–H groups in total. The second-order valence-corrected chi connectivity index (χ2v) is 7.45. The molecular formula is C20H23ClN4O3. The van der Waals surface area contributed by atoms with Crippen molar-refractivity contribution >= 4 is 29.4 Å². The molecule has 3 rings (SSSR count). The average Bonchev–Trinajstić information content (AvgIpc) is 2.93. The summed E-state index contributed by atoms with van der Waals surface area (Å²) in [6, 6.07) is 6.07. The van der Waals surface area contributed by atoms with Gasteiger partial charge in [0.15, 0.2) is 0 Å². The fourth-order valence-corrected chi connectivity index (χ4v) is 3.73. The molecule has 2 aliphatic rings. The second-order valence-electron chi connectivity index (χ2n) is 7.05. The van der Waals surface area contributed by atoms with Gasteiger partial charge in [0, 0.05) is 17.6 Å². The number of hydrogen-bond acceptors (Lipinski definition) is 3. The van der Waals surface area contributed by atoms with Crippen LogP contribution in [0.2, 0.25) is 5.02 Å². The normalized spacial score (nSPS) is 19.1. The van der Waals surface area contributed by atoms with Crippen LogP contribution >= 0.6 is 11.6 Å². The highest BCUT2D eigenvalue weighted by Gasteiger charge is 2.44. The van der Waals surface area contributed by atoms with E-state index in [9.17, 15) is 14.4 Å².